The van der Waals surface area contributed by atoms with E-state index in [4.69, 9.17) is 0 Å². The van der Waals surface area contributed by atoms with Gasteiger partial charge in [0, 0.05) is 23.3 Å². The summed E-state index contributed by atoms with van der Waals surface area (Å²) < 4.78 is 0. The summed E-state index contributed by atoms with van der Waals surface area (Å²) in [6, 6.07) is 20.7. The minimum Gasteiger partial charge on any atom is -0.362 e. The van der Waals surface area contributed by atoms with E-state index < -0.39 is 5.41 Å². The lowest BCUT2D eigenvalue weighted by atomic mass is 9.60. The quantitative estimate of drug-likeness (QED) is 0.826. The predicted octanol–water partition coefficient (Wildman–Crippen LogP) is 5.01. The van der Waals surface area contributed by atoms with Crippen LogP contribution in [0.4, 0.5) is 0 Å². The molecule has 140 valence electrons. The smallest absolute Gasteiger partial charge is 0.164 e. The minimum atomic E-state index is -0.450. The maximum atomic E-state index is 13.6. The van der Waals surface area contributed by atoms with Crippen LogP contribution < -0.4 is 5.32 Å². The van der Waals surface area contributed by atoms with Crippen molar-refractivity contribution in [2.75, 3.05) is 0 Å². The summed E-state index contributed by atoms with van der Waals surface area (Å²) in [6.07, 6.45) is 3.87. The molecule has 0 bridgehead atoms. The van der Waals surface area contributed by atoms with Crippen molar-refractivity contribution in [3.8, 4) is 0 Å². The summed E-state index contributed by atoms with van der Waals surface area (Å²) in [7, 11) is 0. The van der Waals surface area contributed by atoms with Gasteiger partial charge in [0.25, 0.3) is 0 Å². The Balaban J connectivity index is 1.68. The van der Waals surface area contributed by atoms with Crippen molar-refractivity contribution < 1.29 is 4.79 Å². The average Bonchev–Trinajstić information content (AvgIpc) is 3.22. The fraction of sp³-hybridized carbons (Fsp3) is 0.292. The van der Waals surface area contributed by atoms with Crippen molar-refractivity contribution in [1.82, 2.24) is 5.32 Å². The molecule has 4 heteroatoms. The molecule has 2 aromatic rings. The molecule has 1 N–H and O–H groups in total. The molecule has 0 saturated carbocycles. The third-order valence-corrected chi connectivity index (χ3v) is 6.43. The lowest BCUT2D eigenvalue weighted by molar-refractivity contribution is -0.117. The zero-order valence-corrected chi connectivity index (χ0v) is 15.9. The van der Waals surface area contributed by atoms with Crippen LogP contribution in [0.1, 0.15) is 43.2 Å². The van der Waals surface area contributed by atoms with Crippen molar-refractivity contribution in [3.05, 3.63) is 94.8 Å². The van der Waals surface area contributed by atoms with Crippen molar-refractivity contribution >= 4 is 5.78 Å². The van der Waals surface area contributed by atoms with Gasteiger partial charge >= 0.3 is 0 Å². The van der Waals surface area contributed by atoms with Crippen LogP contribution in [0.25, 0.3) is 0 Å². The van der Waals surface area contributed by atoms with Crippen LogP contribution >= 0.6 is 0 Å². The number of hydrogen-bond acceptors (Lipinski definition) is 4. The molecule has 2 heterocycles. The van der Waals surface area contributed by atoms with E-state index in [1.807, 2.05) is 42.6 Å². The van der Waals surface area contributed by atoms with Gasteiger partial charge in [0.2, 0.25) is 0 Å². The summed E-state index contributed by atoms with van der Waals surface area (Å²) in [6.45, 7) is 2.16. The first-order chi connectivity index (χ1) is 13.7. The number of nitrogens with zero attached hydrogens (tertiary/aromatic N) is 2. The number of carbonyl (C=O) groups excluding carboxylic acids is 1. The summed E-state index contributed by atoms with van der Waals surface area (Å²) in [5, 5.41) is 12.2. The second kappa shape index (κ2) is 6.55. The molecule has 0 saturated heterocycles. The first-order valence-corrected chi connectivity index (χ1v) is 9.98. The molecule has 2 aromatic carbocycles. The number of nitrogens with one attached hydrogen (secondary N) is 1. The largest absolute Gasteiger partial charge is 0.362 e. The number of hydrogen-bond donors (Lipinski definition) is 1. The second-order valence-corrected chi connectivity index (χ2v) is 7.78. The molecular weight excluding hydrogens is 346 g/mol. The topological polar surface area (TPSA) is 53.8 Å². The lowest BCUT2D eigenvalue weighted by Gasteiger charge is -2.46. The van der Waals surface area contributed by atoms with Crippen LogP contribution in [0, 0.1) is 0 Å². The fourth-order valence-electron chi connectivity index (χ4n) is 5.18. The van der Waals surface area contributed by atoms with E-state index in [1.165, 1.54) is 5.56 Å². The molecule has 1 aliphatic carbocycles. The van der Waals surface area contributed by atoms with Crippen molar-refractivity contribution in [2.45, 2.75) is 43.7 Å². The van der Waals surface area contributed by atoms with Crippen LogP contribution in [-0.2, 0) is 10.2 Å². The SMILES string of the molecule is CC[C@@]1(c2ccccc2)C2=CN=NC2NC2=C1C(=O)C[C@H](c1ccccc1)C2. The highest BCUT2D eigenvalue weighted by atomic mass is 16.1. The molecule has 2 aliphatic heterocycles. The third-order valence-electron chi connectivity index (χ3n) is 6.43. The first-order valence-electron chi connectivity index (χ1n) is 9.98. The Labute approximate surface area is 165 Å². The number of azo groups is 1. The molecule has 5 rings (SSSR count). The maximum absolute atomic E-state index is 13.6. The van der Waals surface area contributed by atoms with Crippen molar-refractivity contribution in [2.24, 2.45) is 10.2 Å². The second-order valence-electron chi connectivity index (χ2n) is 7.78. The molecular formula is C24H23N3O. The zero-order valence-electron chi connectivity index (χ0n) is 15.9. The maximum Gasteiger partial charge on any atom is 0.164 e. The molecule has 3 aliphatic rings. The number of fused-ring (bicyclic) bond motifs is 1. The Bertz CT molecular complexity index is 1010. The van der Waals surface area contributed by atoms with E-state index in [2.05, 4.69) is 46.7 Å². The Morgan fingerprint density at radius 1 is 1.04 bits per heavy atom. The van der Waals surface area contributed by atoms with Gasteiger partial charge in [-0.05, 0) is 29.9 Å². The van der Waals surface area contributed by atoms with Crippen LogP contribution in [-0.4, -0.2) is 11.9 Å². The molecule has 0 fully saturated rings. The summed E-state index contributed by atoms with van der Waals surface area (Å²) in [5.41, 5.74) is 4.98. The number of benzene rings is 2. The van der Waals surface area contributed by atoms with E-state index in [-0.39, 0.29) is 17.9 Å². The Kier molecular flexibility index (Phi) is 4.00. The van der Waals surface area contributed by atoms with Crippen LogP contribution in [0.5, 0.6) is 0 Å². The number of ketones is 1. The lowest BCUT2D eigenvalue weighted by Crippen LogP contribution is -2.50. The monoisotopic (exact) mass is 369 g/mol. The van der Waals surface area contributed by atoms with Gasteiger partial charge in [-0.3, -0.25) is 4.79 Å². The van der Waals surface area contributed by atoms with E-state index in [9.17, 15) is 4.79 Å². The Hall–Kier alpha value is -3.01. The van der Waals surface area contributed by atoms with Crippen LogP contribution in [0.3, 0.4) is 0 Å². The molecule has 3 atom stereocenters. The molecule has 0 aromatic heterocycles. The molecule has 1 unspecified atom stereocenters. The molecule has 0 spiro atoms. The molecule has 0 amide bonds. The van der Waals surface area contributed by atoms with Gasteiger partial charge in [-0.2, -0.15) is 10.2 Å². The number of allylic oxidation sites excluding steroid dienone is 2. The average molecular weight is 369 g/mol. The van der Waals surface area contributed by atoms with Gasteiger partial charge in [0.05, 0.1) is 11.6 Å². The van der Waals surface area contributed by atoms with E-state index >= 15 is 0 Å². The number of carbonyl (C=O) groups is 1. The highest BCUT2D eigenvalue weighted by Crippen LogP contribution is 2.52. The minimum absolute atomic E-state index is 0.179. The van der Waals surface area contributed by atoms with E-state index in [0.717, 1.165) is 35.2 Å². The predicted molar refractivity (Wildman–Crippen MR) is 109 cm³/mol. The third kappa shape index (κ3) is 2.40. The van der Waals surface area contributed by atoms with Crippen molar-refractivity contribution in [3.63, 3.8) is 0 Å². The highest BCUT2D eigenvalue weighted by Gasteiger charge is 2.51. The van der Waals surface area contributed by atoms with Crippen molar-refractivity contribution in [1.29, 1.82) is 0 Å². The standard InChI is InChI=1S/C24H23N3O/c1-2-24(18-11-7-4-8-12-18)19-15-25-27-23(19)26-20-13-17(14-21(28)22(20)24)16-9-5-3-6-10-16/h3-12,15,17,23,26H,2,13-14H2,1H3/t17-,23?,24-/m1/s1. The molecule has 28 heavy (non-hydrogen) atoms. The Morgan fingerprint density at radius 3 is 2.46 bits per heavy atom. The fourth-order valence-corrected chi connectivity index (χ4v) is 5.18. The van der Waals surface area contributed by atoms with Gasteiger partial charge in [-0.15, -0.1) is 0 Å². The summed E-state index contributed by atoms with van der Waals surface area (Å²) >= 11 is 0. The normalized spacial score (nSPS) is 28.5. The van der Waals surface area contributed by atoms with Gasteiger partial charge < -0.3 is 5.32 Å². The van der Waals surface area contributed by atoms with E-state index in [1.54, 1.807) is 0 Å². The van der Waals surface area contributed by atoms with Crippen LogP contribution in [0.15, 0.2) is 93.9 Å². The molecule has 4 nitrogen and oxygen atoms in total. The van der Waals surface area contributed by atoms with Gasteiger partial charge in [0.1, 0.15) is 0 Å². The van der Waals surface area contributed by atoms with Gasteiger partial charge in [0.15, 0.2) is 11.9 Å². The summed E-state index contributed by atoms with van der Waals surface area (Å²) in [5.74, 6) is 0.439. The summed E-state index contributed by atoms with van der Waals surface area (Å²) in [4.78, 5) is 13.6. The number of Topliss-reactive ketones (excluding diaryl/α,β-unsaturated/α-hetero) is 1. The zero-order chi connectivity index (χ0) is 19.1. The van der Waals surface area contributed by atoms with E-state index in [0.29, 0.717) is 6.42 Å². The highest BCUT2D eigenvalue weighted by molar-refractivity contribution is 6.01. The number of rotatable bonds is 3. The van der Waals surface area contributed by atoms with Crippen LogP contribution in [0.2, 0.25) is 0 Å². The van der Waals surface area contributed by atoms with Gasteiger partial charge in [-0.25, -0.2) is 0 Å². The molecule has 0 radical (unpaired) electrons. The first kappa shape index (κ1) is 17.1. The van der Waals surface area contributed by atoms with Gasteiger partial charge in [-0.1, -0.05) is 67.6 Å². The Morgan fingerprint density at radius 2 is 1.75 bits per heavy atom.